The van der Waals surface area contributed by atoms with Crippen molar-refractivity contribution < 1.29 is 4.74 Å². The molecule has 0 amide bonds. The van der Waals surface area contributed by atoms with Gasteiger partial charge >= 0.3 is 0 Å². The van der Waals surface area contributed by atoms with Crippen molar-refractivity contribution >= 4 is 11.3 Å². The van der Waals surface area contributed by atoms with Gasteiger partial charge in [0.25, 0.3) is 0 Å². The van der Waals surface area contributed by atoms with Gasteiger partial charge < -0.3 is 10.5 Å². The van der Waals surface area contributed by atoms with Crippen molar-refractivity contribution in [2.24, 2.45) is 5.73 Å². The van der Waals surface area contributed by atoms with Gasteiger partial charge in [-0.25, -0.2) is 0 Å². The van der Waals surface area contributed by atoms with Gasteiger partial charge in [-0.15, -0.1) is 11.3 Å². The molecule has 0 saturated heterocycles. The average Bonchev–Trinajstić information content (AvgIpc) is 2.82. The lowest BCUT2D eigenvalue weighted by Gasteiger charge is -2.11. The van der Waals surface area contributed by atoms with Crippen LogP contribution in [0.1, 0.15) is 17.4 Å². The van der Waals surface area contributed by atoms with Gasteiger partial charge in [0.15, 0.2) is 0 Å². The average molecular weight is 261 g/mol. The van der Waals surface area contributed by atoms with Crippen LogP contribution >= 0.6 is 11.3 Å². The van der Waals surface area contributed by atoms with Crippen LogP contribution in [0, 0.1) is 0 Å². The molecule has 0 bridgehead atoms. The number of benzene rings is 1. The summed E-state index contributed by atoms with van der Waals surface area (Å²) >= 11 is 1.77. The van der Waals surface area contributed by atoms with Crippen molar-refractivity contribution in [2.45, 2.75) is 25.8 Å². The third-order valence-corrected chi connectivity index (χ3v) is 3.65. The van der Waals surface area contributed by atoms with Gasteiger partial charge in [0, 0.05) is 10.9 Å². The van der Waals surface area contributed by atoms with Gasteiger partial charge in [-0.1, -0.05) is 18.2 Å². The second-order valence-electron chi connectivity index (χ2n) is 4.33. The third-order valence-electron chi connectivity index (χ3n) is 2.75. The molecule has 0 aliphatic heterocycles. The fraction of sp³-hybridized carbons (Fsp3) is 0.333. The Morgan fingerprint density at radius 3 is 2.83 bits per heavy atom. The van der Waals surface area contributed by atoms with Crippen molar-refractivity contribution in [2.75, 3.05) is 6.61 Å². The normalized spacial score (nSPS) is 12.3. The Hall–Kier alpha value is -1.32. The fourth-order valence-corrected chi connectivity index (χ4v) is 2.79. The first-order valence-electron chi connectivity index (χ1n) is 6.27. The molecule has 2 aromatic rings. The molecule has 1 aromatic carbocycles. The molecule has 96 valence electrons. The smallest absolute Gasteiger partial charge is 0.119 e. The molecular formula is C15H19NOS. The summed E-state index contributed by atoms with van der Waals surface area (Å²) in [7, 11) is 0. The third kappa shape index (κ3) is 3.86. The van der Waals surface area contributed by atoms with Crippen LogP contribution in [0.15, 0.2) is 41.8 Å². The van der Waals surface area contributed by atoms with E-state index in [1.54, 1.807) is 11.3 Å². The Bertz CT molecular complexity index is 467. The maximum Gasteiger partial charge on any atom is 0.119 e. The van der Waals surface area contributed by atoms with Gasteiger partial charge in [0.05, 0.1) is 6.61 Å². The molecule has 1 atom stereocenters. The van der Waals surface area contributed by atoms with Crippen molar-refractivity contribution in [1.82, 2.24) is 0 Å². The summed E-state index contributed by atoms with van der Waals surface area (Å²) in [6.07, 6.45) is 1.83. The molecule has 3 heteroatoms. The van der Waals surface area contributed by atoms with Crippen molar-refractivity contribution in [3.8, 4) is 5.75 Å². The van der Waals surface area contributed by atoms with Gasteiger partial charge in [-0.3, -0.25) is 0 Å². The zero-order valence-electron chi connectivity index (χ0n) is 10.6. The van der Waals surface area contributed by atoms with Crippen LogP contribution in [0.5, 0.6) is 5.75 Å². The molecule has 0 aliphatic rings. The SMILES string of the molecule is CCOc1cccc(CC(N)Cc2cccs2)c1. The van der Waals surface area contributed by atoms with E-state index in [0.717, 1.165) is 18.6 Å². The van der Waals surface area contributed by atoms with Crippen molar-refractivity contribution in [3.63, 3.8) is 0 Å². The lowest BCUT2D eigenvalue weighted by Crippen LogP contribution is -2.25. The van der Waals surface area contributed by atoms with Crippen LogP contribution in [-0.4, -0.2) is 12.6 Å². The van der Waals surface area contributed by atoms with Crippen LogP contribution < -0.4 is 10.5 Å². The summed E-state index contributed by atoms with van der Waals surface area (Å²) in [6.45, 7) is 2.69. The van der Waals surface area contributed by atoms with E-state index in [4.69, 9.17) is 10.5 Å². The summed E-state index contributed by atoms with van der Waals surface area (Å²) in [5.74, 6) is 0.929. The van der Waals surface area contributed by atoms with E-state index < -0.39 is 0 Å². The topological polar surface area (TPSA) is 35.2 Å². The molecule has 0 spiro atoms. The highest BCUT2D eigenvalue weighted by molar-refractivity contribution is 7.09. The van der Waals surface area contributed by atoms with Crippen molar-refractivity contribution in [3.05, 3.63) is 52.2 Å². The molecule has 0 fully saturated rings. The standard InChI is InChI=1S/C15H19NOS/c1-2-17-14-6-3-5-12(10-14)9-13(16)11-15-7-4-8-18-15/h3-8,10,13H,2,9,11,16H2,1H3. The Kier molecular flexibility index (Phi) is 4.79. The highest BCUT2D eigenvalue weighted by atomic mass is 32.1. The minimum absolute atomic E-state index is 0.167. The number of rotatable bonds is 6. The second kappa shape index (κ2) is 6.57. The van der Waals surface area contributed by atoms with Gasteiger partial charge in [-0.05, 0) is 48.9 Å². The lowest BCUT2D eigenvalue weighted by atomic mass is 10.0. The van der Waals surface area contributed by atoms with Crippen LogP contribution in [0.2, 0.25) is 0 Å². The summed E-state index contributed by atoms with van der Waals surface area (Å²) in [5.41, 5.74) is 7.43. The van der Waals surface area contributed by atoms with E-state index in [9.17, 15) is 0 Å². The Balaban J connectivity index is 1.93. The molecule has 0 saturated carbocycles. The molecule has 18 heavy (non-hydrogen) atoms. The molecule has 1 unspecified atom stereocenters. The van der Waals surface area contributed by atoms with Gasteiger partial charge in [0.1, 0.15) is 5.75 Å². The number of hydrogen-bond donors (Lipinski definition) is 1. The first kappa shape index (κ1) is 13.1. The van der Waals surface area contributed by atoms with Gasteiger partial charge in [0.2, 0.25) is 0 Å². The molecule has 1 aromatic heterocycles. The maximum atomic E-state index is 6.19. The fourth-order valence-electron chi connectivity index (χ4n) is 1.99. The molecule has 2 N–H and O–H groups in total. The summed E-state index contributed by atoms with van der Waals surface area (Å²) in [4.78, 5) is 1.35. The molecule has 0 aliphatic carbocycles. The van der Waals surface area contributed by atoms with E-state index in [-0.39, 0.29) is 6.04 Å². The van der Waals surface area contributed by atoms with E-state index in [1.807, 2.05) is 19.1 Å². The zero-order valence-corrected chi connectivity index (χ0v) is 11.5. The van der Waals surface area contributed by atoms with E-state index in [1.165, 1.54) is 10.4 Å². The molecule has 1 heterocycles. The Morgan fingerprint density at radius 2 is 2.11 bits per heavy atom. The number of thiophene rings is 1. The Labute approximate surface area is 112 Å². The van der Waals surface area contributed by atoms with E-state index in [2.05, 4.69) is 29.6 Å². The van der Waals surface area contributed by atoms with E-state index in [0.29, 0.717) is 6.61 Å². The molecular weight excluding hydrogens is 242 g/mol. The van der Waals surface area contributed by atoms with E-state index >= 15 is 0 Å². The van der Waals surface area contributed by atoms with Crippen LogP contribution in [0.25, 0.3) is 0 Å². The highest BCUT2D eigenvalue weighted by Crippen LogP contribution is 2.16. The number of hydrogen-bond acceptors (Lipinski definition) is 3. The molecule has 2 nitrogen and oxygen atoms in total. The minimum Gasteiger partial charge on any atom is -0.494 e. The molecule has 0 radical (unpaired) electrons. The van der Waals surface area contributed by atoms with Crippen LogP contribution in [-0.2, 0) is 12.8 Å². The lowest BCUT2D eigenvalue weighted by molar-refractivity contribution is 0.340. The van der Waals surface area contributed by atoms with Crippen LogP contribution in [0.4, 0.5) is 0 Å². The monoisotopic (exact) mass is 261 g/mol. The van der Waals surface area contributed by atoms with Gasteiger partial charge in [-0.2, -0.15) is 0 Å². The first-order chi connectivity index (χ1) is 8.78. The quantitative estimate of drug-likeness (QED) is 0.866. The summed E-state index contributed by atoms with van der Waals surface area (Å²) < 4.78 is 5.50. The summed E-state index contributed by atoms with van der Waals surface area (Å²) in [5, 5.41) is 2.10. The number of ether oxygens (including phenoxy) is 1. The molecule has 2 rings (SSSR count). The van der Waals surface area contributed by atoms with Crippen molar-refractivity contribution in [1.29, 1.82) is 0 Å². The highest BCUT2D eigenvalue weighted by Gasteiger charge is 2.07. The first-order valence-corrected chi connectivity index (χ1v) is 7.15. The Morgan fingerprint density at radius 1 is 1.22 bits per heavy atom. The van der Waals surface area contributed by atoms with Crippen LogP contribution in [0.3, 0.4) is 0 Å². The predicted octanol–water partition coefficient (Wildman–Crippen LogP) is 3.26. The summed E-state index contributed by atoms with van der Waals surface area (Å²) in [6, 6.07) is 12.6. The minimum atomic E-state index is 0.167. The largest absolute Gasteiger partial charge is 0.494 e. The number of nitrogens with two attached hydrogens (primary N) is 1. The second-order valence-corrected chi connectivity index (χ2v) is 5.36. The zero-order chi connectivity index (χ0) is 12.8. The predicted molar refractivity (Wildman–Crippen MR) is 77.3 cm³/mol. The maximum absolute atomic E-state index is 6.19.